The highest BCUT2D eigenvalue weighted by atomic mass is 32.1. The predicted molar refractivity (Wildman–Crippen MR) is 111 cm³/mol. The Morgan fingerprint density at radius 1 is 1.21 bits per heavy atom. The van der Waals surface area contributed by atoms with Crippen molar-refractivity contribution in [3.63, 3.8) is 0 Å². The van der Waals surface area contributed by atoms with Crippen LogP contribution in [0, 0.1) is 6.92 Å². The van der Waals surface area contributed by atoms with Crippen molar-refractivity contribution in [1.29, 1.82) is 0 Å². The van der Waals surface area contributed by atoms with E-state index in [1.54, 1.807) is 4.90 Å². The molecular formula is C19H22FN7OS. The van der Waals surface area contributed by atoms with E-state index < -0.39 is 0 Å². The number of halogens is 1. The second-order valence-electron chi connectivity index (χ2n) is 6.96. The molecule has 0 saturated carbocycles. The zero-order valence-corrected chi connectivity index (χ0v) is 16.9. The van der Waals surface area contributed by atoms with Gasteiger partial charge in [-0.3, -0.25) is 5.32 Å². The van der Waals surface area contributed by atoms with Gasteiger partial charge in [-0.15, -0.1) is 20.4 Å². The third-order valence-electron chi connectivity index (χ3n) is 4.90. The molecule has 10 heteroatoms. The second-order valence-corrected chi connectivity index (χ2v) is 8.15. The van der Waals surface area contributed by atoms with Crippen LogP contribution in [0.15, 0.2) is 24.3 Å². The Morgan fingerprint density at radius 2 is 2.03 bits per heavy atom. The molecule has 1 aliphatic rings. The van der Waals surface area contributed by atoms with Gasteiger partial charge in [0.2, 0.25) is 0 Å². The number of aromatic nitrogens is 4. The maximum absolute atomic E-state index is 12.6. The number of piperidine rings is 1. The number of carbonyl (C=O) groups is 1. The van der Waals surface area contributed by atoms with Gasteiger partial charge in [-0.25, -0.2) is 9.18 Å². The van der Waals surface area contributed by atoms with Crippen molar-refractivity contribution >= 4 is 34.1 Å². The first-order valence-corrected chi connectivity index (χ1v) is 10.4. The number of anilines is 1. The number of hydrogen-bond acceptors (Lipinski definition) is 7. The zero-order chi connectivity index (χ0) is 20.2. The van der Waals surface area contributed by atoms with Gasteiger partial charge in [-0.05, 0) is 44.0 Å². The number of likely N-dealkylation sites (tertiary alicyclic amines) is 1. The largest absolute Gasteiger partial charge is 0.324 e. The van der Waals surface area contributed by atoms with Crippen molar-refractivity contribution in [3.8, 4) is 10.6 Å². The Balaban J connectivity index is 1.43. The number of fused-ring (bicyclic) bond motifs is 1. The van der Waals surface area contributed by atoms with Crippen LogP contribution in [-0.4, -0.2) is 63.7 Å². The molecule has 2 amide bonds. The number of benzene rings is 1. The number of carbonyl (C=O) groups excluding carboxylic acids is 1. The molecular weight excluding hydrogens is 393 g/mol. The minimum Gasteiger partial charge on any atom is -0.324 e. The van der Waals surface area contributed by atoms with Crippen molar-refractivity contribution in [2.24, 2.45) is 0 Å². The van der Waals surface area contributed by atoms with E-state index in [0.29, 0.717) is 25.5 Å². The number of nitrogens with one attached hydrogen (secondary N) is 2. The summed E-state index contributed by atoms with van der Waals surface area (Å²) in [4.78, 5) is 14.3. The van der Waals surface area contributed by atoms with Gasteiger partial charge in [0.15, 0.2) is 5.82 Å². The fourth-order valence-electron chi connectivity index (χ4n) is 3.39. The first-order chi connectivity index (χ1) is 14.1. The standard InChI is InChI=1S/C19H22FN7OS/c1-12-23-26-18(29-12)13-2-3-16-14(10-13)11-17(25-24-16)22-19(28)27-8-4-15(5-9-27)21-7-6-20/h2-3,10-11,15,21H,4-9H2,1H3,(H,22,25,28). The van der Waals surface area contributed by atoms with E-state index in [-0.39, 0.29) is 18.7 Å². The molecule has 29 heavy (non-hydrogen) atoms. The molecule has 4 rings (SSSR count). The molecule has 1 aliphatic heterocycles. The van der Waals surface area contributed by atoms with Gasteiger partial charge in [-0.2, -0.15) is 0 Å². The highest BCUT2D eigenvalue weighted by Crippen LogP contribution is 2.26. The molecule has 0 unspecified atom stereocenters. The molecule has 1 aromatic carbocycles. The number of alkyl halides is 1. The molecule has 0 radical (unpaired) electrons. The van der Waals surface area contributed by atoms with Gasteiger partial charge in [0.05, 0.1) is 5.52 Å². The first kappa shape index (κ1) is 19.6. The lowest BCUT2D eigenvalue weighted by molar-refractivity contribution is 0.188. The summed E-state index contributed by atoms with van der Waals surface area (Å²) in [5.41, 5.74) is 1.70. The Hall–Kier alpha value is -2.72. The summed E-state index contributed by atoms with van der Waals surface area (Å²) in [6.45, 7) is 3.15. The van der Waals surface area contributed by atoms with Gasteiger partial charge in [0, 0.05) is 36.6 Å². The highest BCUT2D eigenvalue weighted by molar-refractivity contribution is 7.14. The Labute approximate surface area is 171 Å². The van der Waals surface area contributed by atoms with E-state index in [2.05, 4.69) is 31.0 Å². The van der Waals surface area contributed by atoms with Gasteiger partial charge >= 0.3 is 6.03 Å². The van der Waals surface area contributed by atoms with Gasteiger partial charge < -0.3 is 10.2 Å². The van der Waals surface area contributed by atoms with E-state index in [9.17, 15) is 9.18 Å². The third-order valence-corrected chi connectivity index (χ3v) is 5.79. The Morgan fingerprint density at radius 3 is 2.76 bits per heavy atom. The zero-order valence-electron chi connectivity index (χ0n) is 16.1. The lowest BCUT2D eigenvalue weighted by Crippen LogP contribution is -2.46. The fraction of sp³-hybridized carbons (Fsp3) is 0.421. The summed E-state index contributed by atoms with van der Waals surface area (Å²) < 4.78 is 12.3. The molecule has 1 saturated heterocycles. The van der Waals surface area contributed by atoms with E-state index in [0.717, 1.165) is 39.3 Å². The van der Waals surface area contributed by atoms with Crippen LogP contribution in [0.5, 0.6) is 0 Å². The fourth-order valence-corrected chi connectivity index (χ4v) is 4.07. The smallest absolute Gasteiger partial charge is 0.323 e. The van der Waals surface area contributed by atoms with E-state index in [4.69, 9.17) is 0 Å². The van der Waals surface area contributed by atoms with Crippen LogP contribution in [0.2, 0.25) is 0 Å². The van der Waals surface area contributed by atoms with Gasteiger partial charge in [0.25, 0.3) is 0 Å². The molecule has 3 heterocycles. The lowest BCUT2D eigenvalue weighted by Gasteiger charge is -2.32. The number of amides is 2. The lowest BCUT2D eigenvalue weighted by atomic mass is 10.1. The van der Waals surface area contributed by atoms with Crippen molar-refractivity contribution in [2.75, 3.05) is 31.6 Å². The van der Waals surface area contributed by atoms with E-state index in [1.807, 2.05) is 31.2 Å². The predicted octanol–water partition coefficient (Wildman–Crippen LogP) is 3.01. The number of urea groups is 1. The van der Waals surface area contributed by atoms with Crippen LogP contribution < -0.4 is 10.6 Å². The monoisotopic (exact) mass is 415 g/mol. The van der Waals surface area contributed by atoms with Crippen molar-refractivity contribution in [3.05, 3.63) is 29.3 Å². The minimum atomic E-state index is -0.373. The maximum atomic E-state index is 12.6. The van der Waals surface area contributed by atoms with Crippen molar-refractivity contribution in [1.82, 2.24) is 30.6 Å². The third kappa shape index (κ3) is 4.65. The Bertz CT molecular complexity index is 1000. The van der Waals surface area contributed by atoms with E-state index >= 15 is 0 Å². The molecule has 2 aromatic heterocycles. The average Bonchev–Trinajstić information content (AvgIpc) is 3.18. The minimum absolute atomic E-state index is 0.196. The average molecular weight is 415 g/mol. The molecule has 0 bridgehead atoms. The van der Waals surface area contributed by atoms with Crippen LogP contribution >= 0.6 is 11.3 Å². The van der Waals surface area contributed by atoms with Gasteiger partial charge in [-0.1, -0.05) is 11.3 Å². The molecule has 0 spiro atoms. The molecule has 2 N–H and O–H groups in total. The molecule has 3 aromatic rings. The molecule has 8 nitrogen and oxygen atoms in total. The number of nitrogens with zero attached hydrogens (tertiary/aromatic N) is 5. The molecule has 0 atom stereocenters. The maximum Gasteiger partial charge on any atom is 0.323 e. The van der Waals surface area contributed by atoms with Crippen LogP contribution in [0.3, 0.4) is 0 Å². The van der Waals surface area contributed by atoms with Crippen molar-refractivity contribution in [2.45, 2.75) is 25.8 Å². The van der Waals surface area contributed by atoms with Crippen LogP contribution in [0.25, 0.3) is 21.5 Å². The normalized spacial score (nSPS) is 15.0. The molecule has 0 aliphatic carbocycles. The Kier molecular flexibility index (Phi) is 5.91. The quantitative estimate of drug-likeness (QED) is 0.665. The summed E-state index contributed by atoms with van der Waals surface area (Å²) in [6, 6.07) is 7.68. The number of hydrogen-bond donors (Lipinski definition) is 2. The summed E-state index contributed by atoms with van der Waals surface area (Å²) in [5, 5.41) is 25.2. The number of aryl methyl sites for hydroxylation is 1. The van der Waals surface area contributed by atoms with Gasteiger partial charge in [0.1, 0.15) is 16.7 Å². The SMILES string of the molecule is Cc1nnc(-c2ccc3nnc(NC(=O)N4CCC(NCCF)CC4)cc3c2)s1. The topological polar surface area (TPSA) is 95.9 Å². The first-order valence-electron chi connectivity index (χ1n) is 9.55. The second kappa shape index (κ2) is 8.75. The van der Waals surface area contributed by atoms with Crippen LogP contribution in [0.1, 0.15) is 17.8 Å². The molecule has 152 valence electrons. The van der Waals surface area contributed by atoms with Crippen LogP contribution in [-0.2, 0) is 0 Å². The summed E-state index contributed by atoms with van der Waals surface area (Å²) >= 11 is 1.53. The van der Waals surface area contributed by atoms with Crippen molar-refractivity contribution < 1.29 is 9.18 Å². The highest BCUT2D eigenvalue weighted by Gasteiger charge is 2.22. The summed E-state index contributed by atoms with van der Waals surface area (Å²) in [5.74, 6) is 0.408. The number of rotatable bonds is 5. The summed E-state index contributed by atoms with van der Waals surface area (Å²) in [6.07, 6.45) is 1.61. The molecule has 1 fully saturated rings. The summed E-state index contributed by atoms with van der Waals surface area (Å²) in [7, 11) is 0. The van der Waals surface area contributed by atoms with E-state index in [1.165, 1.54) is 11.3 Å². The van der Waals surface area contributed by atoms with Crippen LogP contribution in [0.4, 0.5) is 15.0 Å².